The molecule has 0 aliphatic carbocycles. The molecule has 1 heterocycles. The molecule has 0 spiro atoms. The minimum Gasteiger partial charge on any atom is -0.496 e. The van der Waals surface area contributed by atoms with E-state index in [1.165, 1.54) is 22.7 Å². The van der Waals surface area contributed by atoms with E-state index in [-0.39, 0.29) is 10.1 Å². The highest BCUT2D eigenvalue weighted by Crippen LogP contribution is 2.25. The Labute approximate surface area is 181 Å². The highest BCUT2D eigenvalue weighted by molar-refractivity contribution is 7.94. The first-order chi connectivity index (χ1) is 14.4. The van der Waals surface area contributed by atoms with Crippen LogP contribution in [0.2, 0.25) is 0 Å². The van der Waals surface area contributed by atoms with Crippen LogP contribution >= 0.6 is 11.3 Å². The van der Waals surface area contributed by atoms with Gasteiger partial charge in [-0.25, -0.2) is 8.42 Å². The smallest absolute Gasteiger partial charge is 0.273 e. The number of amides is 1. The van der Waals surface area contributed by atoms with Gasteiger partial charge >= 0.3 is 0 Å². The lowest BCUT2D eigenvalue weighted by Gasteiger charge is -2.18. The van der Waals surface area contributed by atoms with E-state index < -0.39 is 10.0 Å². The minimum absolute atomic E-state index is 0.189. The van der Waals surface area contributed by atoms with Crippen molar-refractivity contribution in [3.05, 3.63) is 77.2 Å². The monoisotopic (exact) mass is 444 g/mol. The topological polar surface area (TPSA) is 75.7 Å². The molecule has 0 saturated carbocycles. The summed E-state index contributed by atoms with van der Waals surface area (Å²) in [6.45, 7) is 0.533. The number of sulfonamides is 1. The number of carbonyl (C=O) groups excluding carboxylic acids is 1. The van der Waals surface area contributed by atoms with Crippen LogP contribution in [0.15, 0.2) is 70.3 Å². The van der Waals surface area contributed by atoms with Crippen LogP contribution in [-0.2, 0) is 16.4 Å². The lowest BCUT2D eigenvalue weighted by atomic mass is 10.1. The maximum absolute atomic E-state index is 12.6. The summed E-state index contributed by atoms with van der Waals surface area (Å²) in [6, 6.07) is 17.6. The van der Waals surface area contributed by atoms with Crippen molar-refractivity contribution < 1.29 is 17.9 Å². The summed E-state index contributed by atoms with van der Waals surface area (Å²) in [5, 5.41) is 4.62. The predicted octanol–water partition coefficient (Wildman–Crippen LogP) is 3.94. The normalized spacial score (nSPS) is 11.1. The van der Waals surface area contributed by atoms with Crippen LogP contribution in [0.5, 0.6) is 5.75 Å². The van der Waals surface area contributed by atoms with Gasteiger partial charge in [-0.05, 0) is 60.2 Å². The highest BCUT2D eigenvalue weighted by atomic mass is 32.2. The Kier molecular flexibility index (Phi) is 7.12. The van der Waals surface area contributed by atoms with Gasteiger partial charge in [-0.1, -0.05) is 24.3 Å². The van der Waals surface area contributed by atoms with Gasteiger partial charge in [0.05, 0.1) is 12.8 Å². The number of thiophene rings is 1. The second-order valence-electron chi connectivity index (χ2n) is 6.62. The molecule has 0 fully saturated rings. The second-order valence-corrected chi connectivity index (χ2v) is 9.77. The Bertz CT molecular complexity index is 1080. The summed E-state index contributed by atoms with van der Waals surface area (Å²) in [5.41, 5.74) is 2.09. The van der Waals surface area contributed by atoms with Crippen molar-refractivity contribution in [3.8, 4) is 5.75 Å². The Balaban J connectivity index is 1.55. The van der Waals surface area contributed by atoms with Crippen molar-refractivity contribution in [1.29, 1.82) is 0 Å². The summed E-state index contributed by atoms with van der Waals surface area (Å²) in [6.07, 6.45) is 1.58. The fraction of sp³-hybridized carbons (Fsp3) is 0.227. The molecular weight excluding hydrogens is 420 g/mol. The van der Waals surface area contributed by atoms with Crippen LogP contribution in [0, 0.1) is 0 Å². The van der Waals surface area contributed by atoms with E-state index >= 15 is 0 Å². The molecule has 6 nitrogen and oxygen atoms in total. The van der Waals surface area contributed by atoms with E-state index in [4.69, 9.17) is 4.74 Å². The SMILES string of the molecule is COc1ccccc1CCCNC(=O)c1ccc(N(C)S(=O)(=O)c2cccs2)cc1. The molecule has 158 valence electrons. The molecule has 3 rings (SSSR count). The Morgan fingerprint density at radius 1 is 1.07 bits per heavy atom. The predicted molar refractivity (Wildman–Crippen MR) is 120 cm³/mol. The van der Waals surface area contributed by atoms with Crippen molar-refractivity contribution in [3.63, 3.8) is 0 Å². The summed E-state index contributed by atoms with van der Waals surface area (Å²) in [7, 11) is -0.442. The zero-order valence-electron chi connectivity index (χ0n) is 16.9. The van der Waals surface area contributed by atoms with E-state index in [2.05, 4.69) is 5.32 Å². The number of methoxy groups -OCH3 is 1. The average molecular weight is 445 g/mol. The van der Waals surface area contributed by atoms with Crippen molar-refractivity contribution in [2.45, 2.75) is 17.1 Å². The van der Waals surface area contributed by atoms with Crippen molar-refractivity contribution in [2.24, 2.45) is 0 Å². The molecule has 1 N–H and O–H groups in total. The quantitative estimate of drug-likeness (QED) is 0.507. The van der Waals surface area contributed by atoms with Crippen LogP contribution in [0.25, 0.3) is 0 Å². The van der Waals surface area contributed by atoms with Crippen LogP contribution in [0.4, 0.5) is 5.69 Å². The number of aryl methyl sites for hydroxylation is 1. The van der Waals surface area contributed by atoms with Crippen LogP contribution in [-0.4, -0.2) is 35.0 Å². The Hall–Kier alpha value is -2.84. The number of benzene rings is 2. The van der Waals surface area contributed by atoms with E-state index in [1.807, 2.05) is 24.3 Å². The first kappa shape index (κ1) is 21.9. The number of hydrogen-bond acceptors (Lipinski definition) is 5. The largest absolute Gasteiger partial charge is 0.496 e. The fourth-order valence-electron chi connectivity index (χ4n) is 3.00. The van der Waals surface area contributed by atoms with Crippen molar-refractivity contribution >= 4 is 33.0 Å². The van der Waals surface area contributed by atoms with E-state index in [1.54, 1.807) is 48.9 Å². The number of para-hydroxylation sites is 1. The van der Waals surface area contributed by atoms with Gasteiger partial charge in [0.15, 0.2) is 0 Å². The molecule has 2 aromatic carbocycles. The number of ether oxygens (including phenoxy) is 1. The molecule has 3 aromatic rings. The third-order valence-electron chi connectivity index (χ3n) is 4.70. The molecule has 1 aromatic heterocycles. The molecule has 0 radical (unpaired) electrons. The van der Waals surface area contributed by atoms with E-state index in [9.17, 15) is 13.2 Å². The Morgan fingerprint density at radius 2 is 1.80 bits per heavy atom. The second kappa shape index (κ2) is 9.77. The molecule has 0 aliphatic rings. The van der Waals surface area contributed by atoms with Gasteiger partial charge in [0.25, 0.3) is 15.9 Å². The molecule has 0 atom stereocenters. The van der Waals surface area contributed by atoms with Crippen LogP contribution < -0.4 is 14.4 Å². The fourth-order valence-corrected chi connectivity index (χ4v) is 5.36. The molecule has 0 bridgehead atoms. The van der Waals surface area contributed by atoms with Crippen LogP contribution in [0.3, 0.4) is 0 Å². The summed E-state index contributed by atoms with van der Waals surface area (Å²) >= 11 is 1.17. The first-order valence-corrected chi connectivity index (χ1v) is 11.8. The summed E-state index contributed by atoms with van der Waals surface area (Å²) in [5.74, 6) is 0.659. The van der Waals surface area contributed by atoms with Crippen molar-refractivity contribution in [2.75, 3.05) is 25.0 Å². The maximum atomic E-state index is 12.6. The Morgan fingerprint density at radius 3 is 2.47 bits per heavy atom. The molecule has 1 amide bonds. The number of rotatable bonds is 9. The van der Waals surface area contributed by atoms with Gasteiger partial charge in [0.1, 0.15) is 9.96 Å². The third kappa shape index (κ3) is 5.01. The van der Waals surface area contributed by atoms with Gasteiger partial charge in [-0.2, -0.15) is 0 Å². The molecule has 8 heteroatoms. The zero-order chi connectivity index (χ0) is 21.6. The lowest BCUT2D eigenvalue weighted by molar-refractivity contribution is 0.0953. The van der Waals surface area contributed by atoms with Gasteiger partial charge in [0, 0.05) is 19.2 Å². The van der Waals surface area contributed by atoms with Crippen LogP contribution in [0.1, 0.15) is 22.3 Å². The minimum atomic E-state index is -3.59. The van der Waals surface area contributed by atoms with E-state index in [0.717, 1.165) is 24.2 Å². The third-order valence-corrected chi connectivity index (χ3v) is 7.86. The lowest BCUT2D eigenvalue weighted by Crippen LogP contribution is -2.26. The molecule has 0 saturated heterocycles. The standard InChI is InChI=1S/C22H24N2O4S2/c1-24(30(26,27)21-10-6-16-29-21)19-13-11-18(12-14-19)22(25)23-15-5-8-17-7-3-4-9-20(17)28-2/h3-4,6-7,9-14,16H,5,8,15H2,1-2H3,(H,23,25). The van der Waals surface area contributed by atoms with Gasteiger partial charge < -0.3 is 10.1 Å². The molecule has 30 heavy (non-hydrogen) atoms. The number of carbonyl (C=O) groups is 1. The van der Waals surface area contributed by atoms with E-state index in [0.29, 0.717) is 17.8 Å². The number of nitrogens with zero attached hydrogens (tertiary/aromatic N) is 1. The number of hydrogen-bond donors (Lipinski definition) is 1. The van der Waals surface area contributed by atoms with Crippen molar-refractivity contribution in [1.82, 2.24) is 5.32 Å². The number of nitrogens with one attached hydrogen (secondary N) is 1. The number of anilines is 1. The van der Waals surface area contributed by atoms with Gasteiger partial charge in [-0.15, -0.1) is 11.3 Å². The average Bonchev–Trinajstić information content (AvgIpc) is 3.32. The van der Waals surface area contributed by atoms with Gasteiger partial charge in [-0.3, -0.25) is 9.10 Å². The molecule has 0 unspecified atom stereocenters. The summed E-state index contributed by atoms with van der Waals surface area (Å²) in [4.78, 5) is 12.4. The maximum Gasteiger partial charge on any atom is 0.273 e. The van der Waals surface area contributed by atoms with Gasteiger partial charge in [0.2, 0.25) is 0 Å². The molecular formula is C22H24N2O4S2. The first-order valence-electron chi connectivity index (χ1n) is 9.46. The summed E-state index contributed by atoms with van der Waals surface area (Å²) < 4.78 is 32.0. The molecule has 0 aliphatic heterocycles. The highest BCUT2D eigenvalue weighted by Gasteiger charge is 2.22. The zero-order valence-corrected chi connectivity index (χ0v) is 18.5.